The number of hydrogen-bond acceptors (Lipinski definition) is 4. The van der Waals surface area contributed by atoms with Gasteiger partial charge < -0.3 is 20.1 Å². The Kier molecular flexibility index (Phi) is 4.57. The van der Waals surface area contributed by atoms with Gasteiger partial charge in [-0.15, -0.1) is 0 Å². The quantitative estimate of drug-likeness (QED) is 0.885. The molecule has 18 heavy (non-hydrogen) atoms. The van der Waals surface area contributed by atoms with Crippen molar-refractivity contribution in [2.45, 2.75) is 6.10 Å². The first-order valence-electron chi connectivity index (χ1n) is 5.67. The van der Waals surface area contributed by atoms with Crippen LogP contribution >= 0.6 is 15.9 Å². The van der Waals surface area contributed by atoms with Gasteiger partial charge >= 0.3 is 0 Å². The highest BCUT2D eigenvalue weighted by Crippen LogP contribution is 2.28. The van der Waals surface area contributed by atoms with E-state index < -0.39 is 6.10 Å². The second-order valence-electron chi connectivity index (χ2n) is 3.90. The number of halogens is 1. The van der Waals surface area contributed by atoms with E-state index in [2.05, 4.69) is 26.6 Å². The fourth-order valence-electron chi connectivity index (χ4n) is 1.72. The summed E-state index contributed by atoms with van der Waals surface area (Å²) in [6, 6.07) is 5.44. The first kappa shape index (κ1) is 13.3. The zero-order chi connectivity index (χ0) is 13.0. The first-order chi connectivity index (χ1) is 8.70. The van der Waals surface area contributed by atoms with Crippen LogP contribution in [0.2, 0.25) is 0 Å². The molecule has 6 heteroatoms. The van der Waals surface area contributed by atoms with Gasteiger partial charge in [-0.1, -0.05) is 15.9 Å². The largest absolute Gasteiger partial charge is 0.495 e. The van der Waals surface area contributed by atoms with Gasteiger partial charge in [-0.2, -0.15) is 0 Å². The maximum Gasteiger partial charge on any atom is 0.254 e. The molecule has 0 radical (unpaired) electrons. The minimum atomic E-state index is -0.456. The molecule has 98 valence electrons. The summed E-state index contributed by atoms with van der Waals surface area (Å²) >= 11 is 3.36. The van der Waals surface area contributed by atoms with Crippen LogP contribution in [0, 0.1) is 0 Å². The van der Waals surface area contributed by atoms with E-state index in [0.29, 0.717) is 24.6 Å². The fourth-order valence-corrected chi connectivity index (χ4v) is 2.09. The zero-order valence-electron chi connectivity index (χ0n) is 10.0. The van der Waals surface area contributed by atoms with Crippen LogP contribution in [0.1, 0.15) is 0 Å². The number of carbonyl (C=O) groups is 1. The van der Waals surface area contributed by atoms with Crippen LogP contribution < -0.4 is 15.4 Å². The predicted molar refractivity (Wildman–Crippen MR) is 71.9 cm³/mol. The minimum absolute atomic E-state index is 0.168. The summed E-state index contributed by atoms with van der Waals surface area (Å²) in [6.45, 7) is 1.86. The Hall–Kier alpha value is -1.11. The standard InChI is InChI=1S/C12H15BrN2O3/c1-17-10-3-2-8(13)6-9(10)15-12(16)11-7-14-4-5-18-11/h2-3,6,11,14H,4-5,7H2,1H3,(H,15,16). The summed E-state index contributed by atoms with van der Waals surface area (Å²) in [5.74, 6) is 0.453. The van der Waals surface area contributed by atoms with E-state index in [0.717, 1.165) is 11.0 Å². The molecule has 1 heterocycles. The van der Waals surface area contributed by atoms with Gasteiger partial charge in [-0.05, 0) is 18.2 Å². The maximum atomic E-state index is 12.0. The third-order valence-electron chi connectivity index (χ3n) is 2.64. The van der Waals surface area contributed by atoms with Crippen molar-refractivity contribution in [1.29, 1.82) is 0 Å². The smallest absolute Gasteiger partial charge is 0.254 e. The number of hydrogen-bond donors (Lipinski definition) is 2. The Morgan fingerprint density at radius 2 is 2.44 bits per heavy atom. The van der Waals surface area contributed by atoms with Gasteiger partial charge in [0.1, 0.15) is 11.9 Å². The Bertz CT molecular complexity index is 433. The van der Waals surface area contributed by atoms with E-state index in [9.17, 15) is 4.79 Å². The molecule has 2 N–H and O–H groups in total. The van der Waals surface area contributed by atoms with Crippen LogP contribution in [0.3, 0.4) is 0 Å². The van der Waals surface area contributed by atoms with Crippen molar-refractivity contribution in [1.82, 2.24) is 5.32 Å². The van der Waals surface area contributed by atoms with Crippen LogP contribution in [0.4, 0.5) is 5.69 Å². The third kappa shape index (κ3) is 3.22. The van der Waals surface area contributed by atoms with Crippen molar-refractivity contribution < 1.29 is 14.3 Å². The Morgan fingerprint density at radius 1 is 1.61 bits per heavy atom. The van der Waals surface area contributed by atoms with Crippen molar-refractivity contribution in [3.63, 3.8) is 0 Å². The minimum Gasteiger partial charge on any atom is -0.495 e. The molecule has 1 aromatic rings. The van der Waals surface area contributed by atoms with Crippen LogP contribution in [0.15, 0.2) is 22.7 Å². The normalized spacial score (nSPS) is 19.3. The summed E-state index contributed by atoms with van der Waals surface area (Å²) in [6.07, 6.45) is -0.456. The molecule has 0 aliphatic carbocycles. The number of amides is 1. The van der Waals surface area contributed by atoms with Crippen molar-refractivity contribution in [3.8, 4) is 5.75 Å². The monoisotopic (exact) mass is 314 g/mol. The van der Waals surface area contributed by atoms with Crippen molar-refractivity contribution in [2.24, 2.45) is 0 Å². The van der Waals surface area contributed by atoms with Crippen LogP contribution in [0.5, 0.6) is 5.75 Å². The molecule has 1 atom stereocenters. The zero-order valence-corrected chi connectivity index (χ0v) is 11.6. The lowest BCUT2D eigenvalue weighted by Gasteiger charge is -2.23. The topological polar surface area (TPSA) is 59.6 Å². The predicted octanol–water partition coefficient (Wildman–Crippen LogP) is 1.38. The number of nitrogens with one attached hydrogen (secondary N) is 2. The van der Waals surface area contributed by atoms with E-state index in [4.69, 9.17) is 9.47 Å². The third-order valence-corrected chi connectivity index (χ3v) is 3.13. The van der Waals surface area contributed by atoms with Gasteiger partial charge in [0, 0.05) is 17.6 Å². The van der Waals surface area contributed by atoms with E-state index in [1.165, 1.54) is 0 Å². The van der Waals surface area contributed by atoms with E-state index in [1.807, 2.05) is 6.07 Å². The molecule has 0 spiro atoms. The molecule has 1 aliphatic rings. The average molecular weight is 315 g/mol. The molecule has 5 nitrogen and oxygen atoms in total. The average Bonchev–Trinajstić information content (AvgIpc) is 2.40. The van der Waals surface area contributed by atoms with Gasteiger partial charge in [0.2, 0.25) is 0 Å². The van der Waals surface area contributed by atoms with E-state index in [1.54, 1.807) is 19.2 Å². The highest BCUT2D eigenvalue weighted by Gasteiger charge is 2.22. The van der Waals surface area contributed by atoms with Gasteiger partial charge in [-0.3, -0.25) is 4.79 Å². The van der Waals surface area contributed by atoms with Crippen molar-refractivity contribution in [2.75, 3.05) is 32.1 Å². The van der Waals surface area contributed by atoms with Crippen LogP contribution in [-0.4, -0.2) is 38.8 Å². The van der Waals surface area contributed by atoms with Crippen molar-refractivity contribution >= 4 is 27.5 Å². The number of carbonyl (C=O) groups excluding carboxylic acids is 1. The van der Waals surface area contributed by atoms with Crippen LogP contribution in [-0.2, 0) is 9.53 Å². The molecule has 0 saturated carbocycles. The SMILES string of the molecule is COc1ccc(Br)cc1NC(=O)C1CNCCO1. The number of ether oxygens (including phenoxy) is 2. The Labute approximate surface area is 114 Å². The molecule has 1 amide bonds. The lowest BCUT2D eigenvalue weighted by molar-refractivity contribution is -0.128. The van der Waals surface area contributed by atoms with Crippen LogP contribution in [0.25, 0.3) is 0 Å². The summed E-state index contributed by atoms with van der Waals surface area (Å²) in [5.41, 5.74) is 0.631. The highest BCUT2D eigenvalue weighted by molar-refractivity contribution is 9.10. The molecular weight excluding hydrogens is 300 g/mol. The molecule has 1 aromatic carbocycles. The second kappa shape index (κ2) is 6.17. The second-order valence-corrected chi connectivity index (χ2v) is 4.81. The molecule has 1 fully saturated rings. The molecular formula is C12H15BrN2O3. The van der Waals surface area contributed by atoms with Gasteiger partial charge in [0.05, 0.1) is 19.4 Å². The lowest BCUT2D eigenvalue weighted by atomic mass is 10.2. The molecule has 1 aliphatic heterocycles. The van der Waals surface area contributed by atoms with Gasteiger partial charge in [0.15, 0.2) is 0 Å². The first-order valence-corrected chi connectivity index (χ1v) is 6.46. The number of methoxy groups -OCH3 is 1. The molecule has 0 bridgehead atoms. The van der Waals surface area contributed by atoms with E-state index >= 15 is 0 Å². The summed E-state index contributed by atoms with van der Waals surface area (Å²) in [4.78, 5) is 12.0. The Morgan fingerprint density at radius 3 is 3.11 bits per heavy atom. The summed E-state index contributed by atoms with van der Waals surface area (Å²) < 4.78 is 11.5. The maximum absolute atomic E-state index is 12.0. The molecule has 1 saturated heterocycles. The number of morpholine rings is 1. The summed E-state index contributed by atoms with van der Waals surface area (Å²) in [5, 5.41) is 5.93. The van der Waals surface area contributed by atoms with Crippen molar-refractivity contribution in [3.05, 3.63) is 22.7 Å². The number of rotatable bonds is 3. The molecule has 0 aromatic heterocycles. The summed E-state index contributed by atoms with van der Waals surface area (Å²) in [7, 11) is 1.57. The highest BCUT2D eigenvalue weighted by atomic mass is 79.9. The number of benzene rings is 1. The van der Waals surface area contributed by atoms with Gasteiger partial charge in [0.25, 0.3) is 5.91 Å². The molecule has 2 rings (SSSR count). The van der Waals surface area contributed by atoms with Gasteiger partial charge in [-0.25, -0.2) is 0 Å². The number of anilines is 1. The Balaban J connectivity index is 2.07. The fraction of sp³-hybridized carbons (Fsp3) is 0.417. The van der Waals surface area contributed by atoms with E-state index in [-0.39, 0.29) is 5.91 Å². The molecule has 1 unspecified atom stereocenters. The lowest BCUT2D eigenvalue weighted by Crippen LogP contribution is -2.45.